The number of primary amides is 1. The summed E-state index contributed by atoms with van der Waals surface area (Å²) in [6, 6.07) is 17.2. The molecule has 2 aromatic carbocycles. The maximum Gasteiger partial charge on any atom is 0.232 e. The fraction of sp³-hybridized carbons (Fsp3) is 0.423. The van der Waals surface area contributed by atoms with Gasteiger partial charge in [0.15, 0.2) is 0 Å². The first-order valence-corrected chi connectivity index (χ1v) is 11.5. The number of benzene rings is 2. The lowest BCUT2D eigenvalue weighted by Gasteiger charge is -2.48. The highest BCUT2D eigenvalue weighted by atomic mass is 16.5. The van der Waals surface area contributed by atoms with Gasteiger partial charge < -0.3 is 21.2 Å². The number of nitrogens with zero attached hydrogens (tertiary/aromatic N) is 1. The summed E-state index contributed by atoms with van der Waals surface area (Å²) in [5, 5.41) is 12.4. The van der Waals surface area contributed by atoms with Gasteiger partial charge in [-0.15, -0.1) is 0 Å². The lowest BCUT2D eigenvalue weighted by atomic mass is 9.56. The Balaban J connectivity index is 1.33. The molecule has 1 saturated heterocycles. The summed E-state index contributed by atoms with van der Waals surface area (Å²) in [7, 11) is 0. The van der Waals surface area contributed by atoms with E-state index in [0.29, 0.717) is 35.1 Å². The number of amides is 1. The van der Waals surface area contributed by atoms with Crippen LogP contribution in [0.2, 0.25) is 0 Å². The van der Waals surface area contributed by atoms with E-state index in [1.165, 1.54) is 6.42 Å². The third-order valence-electron chi connectivity index (χ3n) is 7.41. The van der Waals surface area contributed by atoms with Gasteiger partial charge in [0.1, 0.15) is 17.4 Å². The summed E-state index contributed by atoms with van der Waals surface area (Å²) < 4.78 is 5.88. The van der Waals surface area contributed by atoms with Gasteiger partial charge in [0, 0.05) is 24.7 Å². The van der Waals surface area contributed by atoms with Crippen molar-refractivity contribution in [1.82, 2.24) is 5.32 Å². The van der Waals surface area contributed by atoms with Crippen LogP contribution < -0.4 is 15.8 Å². The van der Waals surface area contributed by atoms with E-state index in [1.807, 2.05) is 54.6 Å². The molecule has 2 atom stereocenters. The van der Waals surface area contributed by atoms with E-state index < -0.39 is 11.8 Å². The number of hydrogen-bond donors (Lipinski definition) is 3. The van der Waals surface area contributed by atoms with Crippen molar-refractivity contribution in [2.45, 2.75) is 25.7 Å². The molecule has 2 unspecified atom stereocenters. The van der Waals surface area contributed by atoms with Crippen molar-refractivity contribution in [2.75, 3.05) is 19.6 Å². The topological polar surface area (TPSA) is 101 Å². The summed E-state index contributed by atoms with van der Waals surface area (Å²) in [6.45, 7) is 2.80. The van der Waals surface area contributed by atoms with Crippen molar-refractivity contribution in [3.05, 3.63) is 60.2 Å². The molecule has 2 heterocycles. The Bertz CT molecular complexity index is 1020. The van der Waals surface area contributed by atoms with Crippen LogP contribution in [0.15, 0.2) is 59.6 Å². The van der Waals surface area contributed by atoms with Crippen molar-refractivity contribution in [3.8, 4) is 11.5 Å². The molecule has 2 aliphatic heterocycles. The van der Waals surface area contributed by atoms with Crippen LogP contribution in [-0.4, -0.2) is 37.0 Å². The van der Waals surface area contributed by atoms with Crippen LogP contribution >= 0.6 is 0 Å². The molecule has 3 aliphatic rings. The van der Waals surface area contributed by atoms with E-state index in [0.717, 1.165) is 43.7 Å². The molecule has 4 N–H and O–H groups in total. The predicted octanol–water partition coefficient (Wildman–Crippen LogP) is 3.80. The lowest BCUT2D eigenvalue weighted by molar-refractivity contribution is -0.118. The van der Waals surface area contributed by atoms with Crippen molar-refractivity contribution >= 4 is 17.3 Å². The Kier molecular flexibility index (Phi) is 5.55. The molecule has 0 aromatic heterocycles. The van der Waals surface area contributed by atoms with Crippen LogP contribution in [0.3, 0.4) is 0 Å². The molecule has 1 amide bonds. The maximum absolute atomic E-state index is 12.5. The van der Waals surface area contributed by atoms with Gasteiger partial charge in [0.25, 0.3) is 0 Å². The molecule has 1 spiro atoms. The van der Waals surface area contributed by atoms with Gasteiger partial charge >= 0.3 is 0 Å². The minimum atomic E-state index is -0.762. The minimum Gasteiger partial charge on any atom is -0.457 e. The molecule has 6 nitrogen and oxygen atoms in total. The van der Waals surface area contributed by atoms with Crippen molar-refractivity contribution in [3.63, 3.8) is 0 Å². The lowest BCUT2D eigenvalue weighted by Crippen LogP contribution is -2.47. The van der Waals surface area contributed by atoms with Crippen LogP contribution in [0.4, 0.5) is 0 Å². The van der Waals surface area contributed by atoms with Crippen LogP contribution in [-0.2, 0) is 4.79 Å². The number of rotatable bonds is 5. The molecule has 1 aliphatic carbocycles. The van der Waals surface area contributed by atoms with Gasteiger partial charge in [-0.2, -0.15) is 0 Å². The zero-order chi connectivity index (χ0) is 22.1. The van der Waals surface area contributed by atoms with Crippen molar-refractivity contribution in [1.29, 1.82) is 5.41 Å². The molecular formula is C26H30N4O2. The second-order valence-corrected chi connectivity index (χ2v) is 9.49. The van der Waals surface area contributed by atoms with Gasteiger partial charge in [-0.3, -0.25) is 9.79 Å². The molecule has 1 saturated carbocycles. The highest BCUT2D eigenvalue weighted by Crippen LogP contribution is 2.53. The second-order valence-electron chi connectivity index (χ2n) is 9.49. The van der Waals surface area contributed by atoms with E-state index in [-0.39, 0.29) is 5.92 Å². The van der Waals surface area contributed by atoms with Crippen molar-refractivity contribution in [2.24, 2.45) is 33.9 Å². The molecule has 2 aromatic rings. The van der Waals surface area contributed by atoms with E-state index in [4.69, 9.17) is 20.9 Å². The Morgan fingerprint density at radius 2 is 1.81 bits per heavy atom. The quantitative estimate of drug-likeness (QED) is 0.672. The Labute approximate surface area is 188 Å². The van der Waals surface area contributed by atoms with Gasteiger partial charge in [-0.1, -0.05) is 18.2 Å². The SMILES string of the molecule is N=C1C(C(N)=O)C(c2ccc(Oc3ccccc3)cc2)=NCCC1C1CC2(CCNC2)C1. The normalized spacial score (nSPS) is 29.8. The van der Waals surface area contributed by atoms with Gasteiger partial charge in [0.05, 0.1) is 5.71 Å². The zero-order valence-electron chi connectivity index (χ0n) is 18.2. The van der Waals surface area contributed by atoms with Gasteiger partial charge in [0.2, 0.25) is 5.91 Å². The number of nitrogens with one attached hydrogen (secondary N) is 2. The van der Waals surface area contributed by atoms with Crippen LogP contribution in [0.1, 0.15) is 31.2 Å². The average molecular weight is 431 g/mol. The van der Waals surface area contributed by atoms with E-state index in [2.05, 4.69) is 5.32 Å². The number of nitrogens with two attached hydrogens (primary N) is 1. The first-order chi connectivity index (χ1) is 15.5. The maximum atomic E-state index is 12.5. The molecular weight excluding hydrogens is 400 g/mol. The molecule has 166 valence electrons. The van der Waals surface area contributed by atoms with Crippen LogP contribution in [0.5, 0.6) is 11.5 Å². The highest BCUT2D eigenvalue weighted by molar-refractivity contribution is 6.26. The third-order valence-corrected chi connectivity index (χ3v) is 7.41. The third kappa shape index (κ3) is 3.95. The Morgan fingerprint density at radius 3 is 2.47 bits per heavy atom. The molecule has 5 rings (SSSR count). The predicted molar refractivity (Wildman–Crippen MR) is 126 cm³/mol. The van der Waals surface area contributed by atoms with E-state index in [1.54, 1.807) is 0 Å². The summed E-state index contributed by atoms with van der Waals surface area (Å²) in [4.78, 5) is 17.3. The fourth-order valence-corrected chi connectivity index (χ4v) is 5.77. The first-order valence-electron chi connectivity index (χ1n) is 11.5. The average Bonchev–Trinajstić information content (AvgIpc) is 3.20. The molecule has 6 heteroatoms. The van der Waals surface area contributed by atoms with Crippen molar-refractivity contribution < 1.29 is 9.53 Å². The van der Waals surface area contributed by atoms with Crippen LogP contribution in [0, 0.1) is 28.6 Å². The molecule has 32 heavy (non-hydrogen) atoms. The molecule has 2 fully saturated rings. The Morgan fingerprint density at radius 1 is 1.09 bits per heavy atom. The number of carbonyl (C=O) groups excluding carboxylic acids is 1. The van der Waals surface area contributed by atoms with Crippen LogP contribution in [0.25, 0.3) is 0 Å². The summed E-state index contributed by atoms with van der Waals surface area (Å²) >= 11 is 0. The van der Waals surface area contributed by atoms with E-state index >= 15 is 0 Å². The standard InChI is InChI=1S/C26H30N4O2/c27-23-21(18-14-26(15-18)11-13-29-16-26)10-12-30-24(22(23)25(28)31)17-6-8-20(9-7-17)32-19-4-2-1-3-5-19/h1-9,18,21-22,27,29H,10-16H2,(H2,28,31). The zero-order valence-corrected chi connectivity index (χ0v) is 18.2. The fourth-order valence-electron chi connectivity index (χ4n) is 5.77. The van der Waals surface area contributed by atoms with Gasteiger partial charge in [-0.05, 0) is 85.5 Å². The molecule has 0 radical (unpaired) electrons. The molecule has 0 bridgehead atoms. The smallest absolute Gasteiger partial charge is 0.232 e. The number of aliphatic imine (C=N–C) groups is 1. The van der Waals surface area contributed by atoms with E-state index in [9.17, 15) is 4.79 Å². The summed E-state index contributed by atoms with van der Waals surface area (Å²) in [6.07, 6.45) is 4.32. The largest absolute Gasteiger partial charge is 0.457 e. The highest BCUT2D eigenvalue weighted by Gasteiger charge is 2.50. The monoisotopic (exact) mass is 430 g/mol. The minimum absolute atomic E-state index is 0.0839. The summed E-state index contributed by atoms with van der Waals surface area (Å²) in [5.74, 6) is 0.773. The number of ether oxygens (including phenoxy) is 1. The first kappa shape index (κ1) is 20.9. The van der Waals surface area contributed by atoms with Gasteiger partial charge in [-0.25, -0.2) is 0 Å². The summed E-state index contributed by atoms with van der Waals surface area (Å²) in [5.41, 5.74) is 8.13. The number of carbonyl (C=O) groups is 1. The number of hydrogen-bond acceptors (Lipinski definition) is 5. The number of para-hydroxylation sites is 1. The second kappa shape index (κ2) is 8.51. The Hall–Kier alpha value is -2.99.